The minimum Gasteiger partial charge on any atom is -0.496 e. The van der Waals surface area contributed by atoms with Crippen molar-refractivity contribution in [2.75, 3.05) is 20.2 Å². The minimum atomic E-state index is 0. The average Bonchev–Trinajstić information content (AvgIpc) is 3.34. The predicted molar refractivity (Wildman–Crippen MR) is 91.3 cm³/mol. The molecule has 0 amide bonds. The van der Waals surface area contributed by atoms with Crippen molar-refractivity contribution in [3.05, 3.63) is 36.0 Å². The molecule has 1 atom stereocenters. The zero-order valence-electron chi connectivity index (χ0n) is 13.2. The summed E-state index contributed by atoms with van der Waals surface area (Å²) >= 11 is 0. The van der Waals surface area contributed by atoms with Crippen LogP contribution >= 0.6 is 12.4 Å². The Bertz CT molecular complexity index is 810. The van der Waals surface area contributed by atoms with Gasteiger partial charge < -0.3 is 14.6 Å². The fraction of sp³-hybridized carbons (Fsp3) is 0.312. The number of nitrogens with one attached hydrogen (secondary N) is 2. The molecule has 126 valence electrons. The standard InChI is InChI=1S/C16H17N5O2.ClH/c1-22-14-5-3-2-4-11(14)15-18-16(23-21-15)13-8-12(19-20-13)10-6-7-17-9-10;/h2-5,8,10,17H,6-7,9H2,1H3,(H,19,20);1H. The molecule has 2 N–H and O–H groups in total. The van der Waals surface area contributed by atoms with Crippen molar-refractivity contribution in [1.82, 2.24) is 25.7 Å². The number of H-pyrrole nitrogens is 1. The van der Waals surface area contributed by atoms with E-state index in [0.29, 0.717) is 29.1 Å². The van der Waals surface area contributed by atoms with Crippen molar-refractivity contribution < 1.29 is 9.26 Å². The molecule has 1 unspecified atom stereocenters. The fourth-order valence-electron chi connectivity index (χ4n) is 2.84. The predicted octanol–water partition coefficient (Wildman–Crippen LogP) is 2.63. The van der Waals surface area contributed by atoms with E-state index >= 15 is 0 Å². The Morgan fingerprint density at radius 1 is 1.29 bits per heavy atom. The average molecular weight is 348 g/mol. The maximum Gasteiger partial charge on any atom is 0.278 e. The zero-order valence-corrected chi connectivity index (χ0v) is 14.0. The lowest BCUT2D eigenvalue weighted by molar-refractivity contribution is 0.413. The van der Waals surface area contributed by atoms with Gasteiger partial charge in [-0.1, -0.05) is 17.3 Å². The number of benzene rings is 1. The van der Waals surface area contributed by atoms with Crippen LogP contribution in [-0.2, 0) is 0 Å². The fourth-order valence-corrected chi connectivity index (χ4v) is 2.84. The number of nitrogens with zero attached hydrogens (tertiary/aromatic N) is 3. The first-order valence-electron chi connectivity index (χ1n) is 7.58. The highest BCUT2D eigenvalue weighted by Crippen LogP contribution is 2.29. The Morgan fingerprint density at radius 2 is 2.17 bits per heavy atom. The summed E-state index contributed by atoms with van der Waals surface area (Å²) in [4.78, 5) is 4.44. The van der Waals surface area contributed by atoms with E-state index in [0.717, 1.165) is 30.8 Å². The molecular formula is C16H18ClN5O2. The van der Waals surface area contributed by atoms with Gasteiger partial charge in [0.2, 0.25) is 5.82 Å². The zero-order chi connectivity index (χ0) is 15.6. The van der Waals surface area contributed by atoms with E-state index in [9.17, 15) is 0 Å². The molecule has 7 nitrogen and oxygen atoms in total. The van der Waals surface area contributed by atoms with E-state index in [1.54, 1.807) is 7.11 Å². The molecule has 1 fully saturated rings. The molecule has 24 heavy (non-hydrogen) atoms. The van der Waals surface area contributed by atoms with Crippen LogP contribution < -0.4 is 10.1 Å². The molecule has 3 aromatic rings. The van der Waals surface area contributed by atoms with Gasteiger partial charge in [0.15, 0.2) is 5.69 Å². The van der Waals surface area contributed by atoms with Crippen LogP contribution in [0.25, 0.3) is 23.0 Å². The molecule has 0 aliphatic carbocycles. The van der Waals surface area contributed by atoms with Gasteiger partial charge >= 0.3 is 0 Å². The maximum absolute atomic E-state index is 5.37. The molecule has 1 aliphatic rings. The summed E-state index contributed by atoms with van der Waals surface area (Å²) in [6.45, 7) is 2.01. The van der Waals surface area contributed by atoms with E-state index in [-0.39, 0.29) is 12.4 Å². The normalized spacial score (nSPS) is 16.8. The van der Waals surface area contributed by atoms with Crippen LogP contribution in [0.5, 0.6) is 5.75 Å². The number of hydrogen-bond acceptors (Lipinski definition) is 6. The number of aromatic amines is 1. The van der Waals surface area contributed by atoms with Crippen molar-refractivity contribution in [3.8, 4) is 28.7 Å². The molecule has 1 saturated heterocycles. The molecule has 3 heterocycles. The van der Waals surface area contributed by atoms with Gasteiger partial charge in [0.25, 0.3) is 5.89 Å². The van der Waals surface area contributed by atoms with Crippen LogP contribution in [-0.4, -0.2) is 40.5 Å². The maximum atomic E-state index is 5.37. The largest absolute Gasteiger partial charge is 0.496 e. The second-order valence-electron chi connectivity index (χ2n) is 5.52. The smallest absolute Gasteiger partial charge is 0.278 e. The molecule has 0 saturated carbocycles. The first-order chi connectivity index (χ1) is 11.3. The number of aromatic nitrogens is 4. The van der Waals surface area contributed by atoms with E-state index < -0.39 is 0 Å². The molecule has 0 bridgehead atoms. The SMILES string of the molecule is COc1ccccc1-c1noc(-c2cc(C3CCNC3)[nH]n2)n1.Cl. The van der Waals surface area contributed by atoms with Gasteiger partial charge in [0, 0.05) is 18.2 Å². The summed E-state index contributed by atoms with van der Waals surface area (Å²) in [6.07, 6.45) is 1.11. The van der Waals surface area contributed by atoms with E-state index in [1.807, 2.05) is 30.3 Å². The van der Waals surface area contributed by atoms with Crippen molar-refractivity contribution in [2.24, 2.45) is 0 Å². The summed E-state index contributed by atoms with van der Waals surface area (Å²) in [5, 5.41) is 14.8. The van der Waals surface area contributed by atoms with Crippen LogP contribution in [0, 0.1) is 0 Å². The van der Waals surface area contributed by atoms with Crippen LogP contribution in [0.15, 0.2) is 34.9 Å². The first-order valence-corrected chi connectivity index (χ1v) is 7.58. The number of methoxy groups -OCH3 is 1. The highest BCUT2D eigenvalue weighted by molar-refractivity contribution is 5.85. The lowest BCUT2D eigenvalue weighted by Crippen LogP contribution is -2.08. The molecule has 8 heteroatoms. The van der Waals surface area contributed by atoms with Crippen molar-refractivity contribution in [2.45, 2.75) is 12.3 Å². The Labute approximate surface area is 145 Å². The summed E-state index contributed by atoms with van der Waals surface area (Å²) in [7, 11) is 1.62. The Balaban J connectivity index is 0.00000169. The van der Waals surface area contributed by atoms with Crippen LogP contribution in [0.4, 0.5) is 0 Å². The highest BCUT2D eigenvalue weighted by Gasteiger charge is 2.21. The monoisotopic (exact) mass is 347 g/mol. The molecular weight excluding hydrogens is 330 g/mol. The highest BCUT2D eigenvalue weighted by atomic mass is 35.5. The number of para-hydroxylation sites is 1. The Morgan fingerprint density at radius 3 is 2.96 bits per heavy atom. The van der Waals surface area contributed by atoms with Crippen molar-refractivity contribution >= 4 is 12.4 Å². The van der Waals surface area contributed by atoms with Gasteiger partial charge in [-0.2, -0.15) is 10.1 Å². The summed E-state index contributed by atoms with van der Waals surface area (Å²) < 4.78 is 10.7. The van der Waals surface area contributed by atoms with Gasteiger partial charge in [0.05, 0.1) is 12.7 Å². The third kappa shape index (κ3) is 3.00. The second-order valence-corrected chi connectivity index (χ2v) is 5.52. The summed E-state index contributed by atoms with van der Waals surface area (Å²) in [6, 6.07) is 9.56. The number of halogens is 1. The summed E-state index contributed by atoms with van der Waals surface area (Å²) in [5.74, 6) is 2.07. The third-order valence-electron chi connectivity index (χ3n) is 4.09. The van der Waals surface area contributed by atoms with E-state index in [1.165, 1.54) is 0 Å². The lowest BCUT2D eigenvalue weighted by atomic mass is 10.1. The lowest BCUT2D eigenvalue weighted by Gasteiger charge is -2.02. The Kier molecular flexibility index (Phi) is 4.82. The topological polar surface area (TPSA) is 88.9 Å². The van der Waals surface area contributed by atoms with Gasteiger partial charge in [0.1, 0.15) is 5.75 Å². The first kappa shape index (κ1) is 16.5. The third-order valence-corrected chi connectivity index (χ3v) is 4.09. The Hall–Kier alpha value is -2.38. The quantitative estimate of drug-likeness (QED) is 0.754. The van der Waals surface area contributed by atoms with E-state index in [4.69, 9.17) is 9.26 Å². The molecule has 4 rings (SSSR count). The second kappa shape index (κ2) is 7.02. The van der Waals surface area contributed by atoms with Gasteiger partial charge in [-0.15, -0.1) is 12.4 Å². The number of ether oxygens (including phenoxy) is 1. The van der Waals surface area contributed by atoms with Gasteiger partial charge in [-0.25, -0.2) is 0 Å². The van der Waals surface area contributed by atoms with Crippen molar-refractivity contribution in [3.63, 3.8) is 0 Å². The van der Waals surface area contributed by atoms with E-state index in [2.05, 4.69) is 25.7 Å². The minimum absolute atomic E-state index is 0. The van der Waals surface area contributed by atoms with Crippen LogP contribution in [0.1, 0.15) is 18.0 Å². The molecule has 0 spiro atoms. The van der Waals surface area contributed by atoms with Crippen LogP contribution in [0.3, 0.4) is 0 Å². The molecule has 2 aromatic heterocycles. The van der Waals surface area contributed by atoms with Gasteiger partial charge in [-0.05, 0) is 31.2 Å². The molecule has 1 aromatic carbocycles. The van der Waals surface area contributed by atoms with Crippen LogP contribution in [0.2, 0.25) is 0 Å². The molecule has 1 aliphatic heterocycles. The summed E-state index contributed by atoms with van der Waals surface area (Å²) in [5.41, 5.74) is 2.56. The van der Waals surface area contributed by atoms with Gasteiger partial charge in [-0.3, -0.25) is 5.10 Å². The molecule has 0 radical (unpaired) electrons. The van der Waals surface area contributed by atoms with Crippen molar-refractivity contribution in [1.29, 1.82) is 0 Å². The number of hydrogen-bond donors (Lipinski definition) is 2. The number of rotatable bonds is 4.